The number of para-hydroxylation sites is 2. The molecular formula is C27H23N. The van der Waals surface area contributed by atoms with E-state index in [0.717, 1.165) is 17.1 Å². The Labute approximate surface area is 167 Å². The van der Waals surface area contributed by atoms with Crippen molar-refractivity contribution in [1.82, 2.24) is 0 Å². The topological polar surface area (TPSA) is 3.24 Å². The Morgan fingerprint density at radius 3 is 1.61 bits per heavy atom. The largest absolute Gasteiger partial charge is 0.311 e. The number of benzene rings is 4. The highest BCUT2D eigenvalue weighted by Gasteiger charge is 2.11. The standard InChI is InChI=1S/C27H23N/c1-22-9-8-10-24(21-22)16-15-23-17-19-27(20-18-23)28(25-11-4-2-5-12-25)26-13-6-3-7-14-26/h2-21H,1H3. The fourth-order valence-corrected chi connectivity index (χ4v) is 3.30. The van der Waals surface area contributed by atoms with Crippen molar-refractivity contribution in [3.63, 3.8) is 0 Å². The fraction of sp³-hybridized carbons (Fsp3) is 0.0370. The predicted molar refractivity (Wildman–Crippen MR) is 121 cm³/mol. The number of hydrogen-bond donors (Lipinski definition) is 0. The normalized spacial score (nSPS) is 10.9. The first-order chi connectivity index (χ1) is 13.8. The molecule has 1 heteroatoms. The lowest BCUT2D eigenvalue weighted by atomic mass is 10.1. The van der Waals surface area contributed by atoms with Crippen molar-refractivity contribution in [1.29, 1.82) is 0 Å². The van der Waals surface area contributed by atoms with Gasteiger partial charge in [0, 0.05) is 17.1 Å². The van der Waals surface area contributed by atoms with E-state index in [1.54, 1.807) is 0 Å². The van der Waals surface area contributed by atoms with Gasteiger partial charge in [-0.2, -0.15) is 0 Å². The molecule has 0 aliphatic heterocycles. The monoisotopic (exact) mass is 361 g/mol. The summed E-state index contributed by atoms with van der Waals surface area (Å²) in [4.78, 5) is 2.27. The summed E-state index contributed by atoms with van der Waals surface area (Å²) in [6, 6.07) is 38.2. The first kappa shape index (κ1) is 17.8. The summed E-state index contributed by atoms with van der Waals surface area (Å²) in [6.45, 7) is 2.12. The molecule has 0 unspecified atom stereocenters. The van der Waals surface area contributed by atoms with Crippen LogP contribution in [-0.4, -0.2) is 0 Å². The van der Waals surface area contributed by atoms with Crippen LogP contribution >= 0.6 is 0 Å². The summed E-state index contributed by atoms with van der Waals surface area (Å²) in [5, 5.41) is 0. The van der Waals surface area contributed by atoms with Crippen LogP contribution in [0, 0.1) is 6.92 Å². The van der Waals surface area contributed by atoms with Gasteiger partial charge in [-0.1, -0.05) is 90.5 Å². The first-order valence-electron chi connectivity index (χ1n) is 9.55. The van der Waals surface area contributed by atoms with Gasteiger partial charge in [0.15, 0.2) is 0 Å². The van der Waals surface area contributed by atoms with Gasteiger partial charge in [-0.05, 0) is 54.4 Å². The molecule has 0 radical (unpaired) electrons. The molecule has 0 bridgehead atoms. The van der Waals surface area contributed by atoms with Crippen molar-refractivity contribution in [3.05, 3.63) is 126 Å². The Kier molecular flexibility index (Phi) is 5.35. The van der Waals surface area contributed by atoms with Crippen molar-refractivity contribution in [2.75, 3.05) is 4.90 Å². The second-order valence-electron chi connectivity index (χ2n) is 6.85. The highest BCUT2D eigenvalue weighted by atomic mass is 15.1. The molecule has 4 aromatic carbocycles. The summed E-state index contributed by atoms with van der Waals surface area (Å²) < 4.78 is 0. The van der Waals surface area contributed by atoms with E-state index in [0.29, 0.717) is 0 Å². The average molecular weight is 361 g/mol. The number of rotatable bonds is 5. The maximum atomic E-state index is 2.27. The number of aryl methyl sites for hydroxylation is 1. The smallest absolute Gasteiger partial charge is 0.0462 e. The van der Waals surface area contributed by atoms with Gasteiger partial charge >= 0.3 is 0 Å². The van der Waals surface area contributed by atoms with Crippen LogP contribution in [0.1, 0.15) is 16.7 Å². The summed E-state index contributed by atoms with van der Waals surface area (Å²) in [5.74, 6) is 0. The van der Waals surface area contributed by atoms with E-state index in [1.807, 2.05) is 12.1 Å². The van der Waals surface area contributed by atoms with E-state index >= 15 is 0 Å². The van der Waals surface area contributed by atoms with E-state index in [2.05, 4.69) is 121 Å². The third kappa shape index (κ3) is 4.21. The molecule has 1 nitrogen and oxygen atoms in total. The molecule has 0 atom stereocenters. The molecule has 0 spiro atoms. The van der Waals surface area contributed by atoms with Gasteiger partial charge < -0.3 is 4.90 Å². The summed E-state index contributed by atoms with van der Waals surface area (Å²) >= 11 is 0. The summed E-state index contributed by atoms with van der Waals surface area (Å²) in [5.41, 5.74) is 7.13. The number of nitrogens with zero attached hydrogens (tertiary/aromatic N) is 1. The minimum absolute atomic E-state index is 1.14. The molecule has 28 heavy (non-hydrogen) atoms. The molecule has 4 aromatic rings. The van der Waals surface area contributed by atoms with E-state index in [4.69, 9.17) is 0 Å². The number of anilines is 3. The molecule has 0 saturated carbocycles. The van der Waals surface area contributed by atoms with Gasteiger partial charge in [0.2, 0.25) is 0 Å². The lowest BCUT2D eigenvalue weighted by Crippen LogP contribution is -2.09. The second kappa shape index (κ2) is 8.41. The SMILES string of the molecule is Cc1cccc(C=Cc2ccc(N(c3ccccc3)c3ccccc3)cc2)c1. The summed E-state index contributed by atoms with van der Waals surface area (Å²) in [6.07, 6.45) is 4.32. The maximum absolute atomic E-state index is 2.27. The van der Waals surface area contributed by atoms with Crippen molar-refractivity contribution in [2.24, 2.45) is 0 Å². The lowest BCUT2D eigenvalue weighted by Gasteiger charge is -2.25. The van der Waals surface area contributed by atoms with Crippen LogP contribution in [0.4, 0.5) is 17.1 Å². The Morgan fingerprint density at radius 1 is 0.500 bits per heavy atom. The van der Waals surface area contributed by atoms with E-state index in [-0.39, 0.29) is 0 Å². The molecule has 0 saturated heterocycles. The predicted octanol–water partition coefficient (Wildman–Crippen LogP) is 7.64. The van der Waals surface area contributed by atoms with Gasteiger partial charge in [-0.25, -0.2) is 0 Å². The lowest BCUT2D eigenvalue weighted by molar-refractivity contribution is 1.28. The Bertz CT molecular complexity index is 1010. The Balaban J connectivity index is 1.63. The van der Waals surface area contributed by atoms with Crippen LogP contribution in [0.15, 0.2) is 109 Å². The summed E-state index contributed by atoms with van der Waals surface area (Å²) in [7, 11) is 0. The molecule has 0 aliphatic carbocycles. The molecule has 0 heterocycles. The highest BCUT2D eigenvalue weighted by Crippen LogP contribution is 2.34. The van der Waals surface area contributed by atoms with Crippen molar-refractivity contribution in [3.8, 4) is 0 Å². The van der Waals surface area contributed by atoms with Crippen molar-refractivity contribution < 1.29 is 0 Å². The third-order valence-electron chi connectivity index (χ3n) is 4.69. The number of hydrogen-bond acceptors (Lipinski definition) is 1. The van der Waals surface area contributed by atoms with Crippen molar-refractivity contribution >= 4 is 29.2 Å². The molecule has 0 fully saturated rings. The van der Waals surface area contributed by atoms with E-state index in [1.165, 1.54) is 16.7 Å². The quantitative estimate of drug-likeness (QED) is 0.330. The minimum Gasteiger partial charge on any atom is -0.311 e. The molecule has 136 valence electrons. The van der Waals surface area contributed by atoms with Gasteiger partial charge in [0.1, 0.15) is 0 Å². The molecule has 0 N–H and O–H groups in total. The zero-order valence-electron chi connectivity index (χ0n) is 16.0. The highest BCUT2D eigenvalue weighted by molar-refractivity contribution is 5.78. The molecule has 0 aliphatic rings. The minimum atomic E-state index is 1.14. The van der Waals surface area contributed by atoms with Crippen molar-refractivity contribution in [2.45, 2.75) is 6.92 Å². The molecule has 4 rings (SSSR count). The van der Waals surface area contributed by atoms with Crippen LogP contribution in [-0.2, 0) is 0 Å². The second-order valence-corrected chi connectivity index (χ2v) is 6.85. The van der Waals surface area contributed by atoms with E-state index in [9.17, 15) is 0 Å². The first-order valence-corrected chi connectivity index (χ1v) is 9.55. The molecular weight excluding hydrogens is 338 g/mol. The van der Waals surface area contributed by atoms with Gasteiger partial charge in [0.05, 0.1) is 0 Å². The van der Waals surface area contributed by atoms with Crippen LogP contribution in [0.5, 0.6) is 0 Å². The fourth-order valence-electron chi connectivity index (χ4n) is 3.30. The van der Waals surface area contributed by atoms with E-state index < -0.39 is 0 Å². The molecule has 0 amide bonds. The van der Waals surface area contributed by atoms with Crippen LogP contribution < -0.4 is 4.90 Å². The zero-order valence-corrected chi connectivity index (χ0v) is 16.0. The van der Waals surface area contributed by atoms with Crippen LogP contribution in [0.25, 0.3) is 12.2 Å². The molecule has 0 aromatic heterocycles. The van der Waals surface area contributed by atoms with Gasteiger partial charge in [-0.15, -0.1) is 0 Å². The zero-order chi connectivity index (χ0) is 19.2. The third-order valence-corrected chi connectivity index (χ3v) is 4.69. The van der Waals surface area contributed by atoms with Gasteiger partial charge in [0.25, 0.3) is 0 Å². The Hall–Kier alpha value is -3.58. The van der Waals surface area contributed by atoms with Crippen LogP contribution in [0.3, 0.4) is 0 Å². The van der Waals surface area contributed by atoms with Gasteiger partial charge in [-0.3, -0.25) is 0 Å². The van der Waals surface area contributed by atoms with Crippen LogP contribution in [0.2, 0.25) is 0 Å². The Morgan fingerprint density at radius 2 is 1.04 bits per heavy atom. The maximum Gasteiger partial charge on any atom is 0.0462 e. The average Bonchev–Trinajstić information content (AvgIpc) is 2.75.